The summed E-state index contributed by atoms with van der Waals surface area (Å²) in [5.41, 5.74) is 2.36. The summed E-state index contributed by atoms with van der Waals surface area (Å²) < 4.78 is 27.5. The van der Waals surface area contributed by atoms with Gasteiger partial charge in [-0.1, -0.05) is 55.2 Å². The first-order valence-electron chi connectivity index (χ1n) is 9.55. The molecule has 0 unspecified atom stereocenters. The number of halogens is 2. The molecule has 0 saturated carbocycles. The first-order valence-corrected chi connectivity index (χ1v) is 11.8. The molecule has 31 heavy (non-hydrogen) atoms. The van der Waals surface area contributed by atoms with Crippen LogP contribution in [0, 0.1) is 19.8 Å². The Morgan fingerprint density at radius 2 is 1.65 bits per heavy atom. The van der Waals surface area contributed by atoms with Crippen LogP contribution in [-0.2, 0) is 14.8 Å². The Balaban J connectivity index is 2.15. The molecule has 3 N–H and O–H groups in total. The van der Waals surface area contributed by atoms with E-state index >= 15 is 0 Å². The van der Waals surface area contributed by atoms with Gasteiger partial charge >= 0.3 is 0 Å². The zero-order chi connectivity index (χ0) is 23.3. The van der Waals surface area contributed by atoms with E-state index in [2.05, 4.69) is 15.4 Å². The summed E-state index contributed by atoms with van der Waals surface area (Å²) >= 11 is 12.2. The predicted molar refractivity (Wildman–Crippen MR) is 123 cm³/mol. The van der Waals surface area contributed by atoms with Crippen LogP contribution in [-0.4, -0.2) is 33.3 Å². The Hall–Kier alpha value is -2.13. The van der Waals surface area contributed by atoms with Gasteiger partial charge in [0.2, 0.25) is 15.9 Å². The number of amides is 2. The Kier molecular flexibility index (Phi) is 8.48. The Labute approximate surface area is 192 Å². The molecule has 0 fully saturated rings. The molecule has 2 aromatic rings. The average molecular weight is 486 g/mol. The number of hydrogen-bond acceptors (Lipinski definition) is 4. The lowest BCUT2D eigenvalue weighted by atomic mass is 10.1. The van der Waals surface area contributed by atoms with Gasteiger partial charge in [-0.2, -0.15) is 0 Å². The third-order valence-electron chi connectivity index (χ3n) is 4.39. The van der Waals surface area contributed by atoms with Crippen molar-refractivity contribution in [3.8, 4) is 0 Å². The highest BCUT2D eigenvalue weighted by molar-refractivity contribution is 7.89. The van der Waals surface area contributed by atoms with Crippen LogP contribution in [0.3, 0.4) is 0 Å². The SMILES string of the molecule is Cc1cccc(C)c1NC(=O)CNC(=O)c1cc(S(=O)(=O)NCC(C)C)c(Cl)cc1Cl. The zero-order valence-electron chi connectivity index (χ0n) is 17.7. The van der Waals surface area contributed by atoms with Gasteiger partial charge in [-0.05, 0) is 43.0 Å². The Morgan fingerprint density at radius 3 is 2.23 bits per heavy atom. The van der Waals surface area contributed by atoms with Crippen molar-refractivity contribution < 1.29 is 18.0 Å². The van der Waals surface area contributed by atoms with Crippen LogP contribution in [0.5, 0.6) is 0 Å². The summed E-state index contributed by atoms with van der Waals surface area (Å²) in [5.74, 6) is -1.04. The van der Waals surface area contributed by atoms with Crippen LogP contribution in [0.1, 0.15) is 35.3 Å². The lowest BCUT2D eigenvalue weighted by Gasteiger charge is -2.14. The maximum absolute atomic E-state index is 12.6. The van der Waals surface area contributed by atoms with E-state index < -0.39 is 21.8 Å². The smallest absolute Gasteiger partial charge is 0.253 e. The minimum absolute atomic E-state index is 0.0273. The van der Waals surface area contributed by atoms with Gasteiger partial charge in [-0.3, -0.25) is 9.59 Å². The van der Waals surface area contributed by atoms with Gasteiger partial charge in [0, 0.05) is 12.2 Å². The van der Waals surface area contributed by atoms with E-state index in [4.69, 9.17) is 23.2 Å². The van der Waals surface area contributed by atoms with Crippen molar-refractivity contribution in [1.82, 2.24) is 10.0 Å². The molecule has 0 aromatic heterocycles. The lowest BCUT2D eigenvalue weighted by Crippen LogP contribution is -2.33. The van der Waals surface area contributed by atoms with E-state index in [9.17, 15) is 18.0 Å². The molecule has 0 aliphatic heterocycles. The highest BCUT2D eigenvalue weighted by Gasteiger charge is 2.23. The predicted octanol–water partition coefficient (Wildman–Crippen LogP) is 3.91. The molecule has 0 aliphatic rings. The standard InChI is InChI=1S/C21H25Cl2N3O4S/c1-12(2)10-25-31(29,30)18-8-15(16(22)9-17(18)23)21(28)24-11-19(27)26-20-13(3)6-5-7-14(20)4/h5-9,12,25H,10-11H2,1-4H3,(H,24,28)(H,26,27). The number of benzene rings is 2. The van der Waals surface area contributed by atoms with Crippen molar-refractivity contribution in [2.75, 3.05) is 18.4 Å². The highest BCUT2D eigenvalue weighted by Crippen LogP contribution is 2.29. The van der Waals surface area contributed by atoms with Crippen molar-refractivity contribution in [3.05, 3.63) is 57.1 Å². The largest absolute Gasteiger partial charge is 0.343 e. The number of nitrogens with one attached hydrogen (secondary N) is 3. The van der Waals surface area contributed by atoms with Crippen LogP contribution < -0.4 is 15.4 Å². The van der Waals surface area contributed by atoms with Gasteiger partial charge in [0.1, 0.15) is 4.90 Å². The number of aryl methyl sites for hydroxylation is 2. The molecule has 0 saturated heterocycles. The van der Waals surface area contributed by atoms with Crippen molar-refractivity contribution >= 4 is 50.7 Å². The van der Waals surface area contributed by atoms with Crippen LogP contribution in [0.4, 0.5) is 5.69 Å². The maximum Gasteiger partial charge on any atom is 0.253 e. The minimum Gasteiger partial charge on any atom is -0.343 e. The zero-order valence-corrected chi connectivity index (χ0v) is 20.0. The fourth-order valence-electron chi connectivity index (χ4n) is 2.71. The minimum atomic E-state index is -3.94. The highest BCUT2D eigenvalue weighted by atomic mass is 35.5. The number of carbonyl (C=O) groups is 2. The summed E-state index contributed by atoms with van der Waals surface area (Å²) in [7, 11) is -3.94. The fraction of sp³-hybridized carbons (Fsp3) is 0.333. The first-order chi connectivity index (χ1) is 14.4. The van der Waals surface area contributed by atoms with E-state index in [1.54, 1.807) is 0 Å². The summed E-state index contributed by atoms with van der Waals surface area (Å²) in [4.78, 5) is 24.6. The fourth-order valence-corrected chi connectivity index (χ4v) is 4.78. The molecule has 0 aliphatic carbocycles. The number of para-hydroxylation sites is 1. The molecular formula is C21H25Cl2N3O4S. The summed E-state index contributed by atoms with van der Waals surface area (Å²) in [6.45, 7) is 7.33. The van der Waals surface area contributed by atoms with Crippen LogP contribution >= 0.6 is 23.2 Å². The molecule has 0 bridgehead atoms. The monoisotopic (exact) mass is 485 g/mol. The second-order valence-electron chi connectivity index (χ2n) is 7.51. The van der Waals surface area contributed by atoms with Crippen LogP contribution in [0.15, 0.2) is 35.2 Å². The van der Waals surface area contributed by atoms with E-state index in [-0.39, 0.29) is 39.5 Å². The van der Waals surface area contributed by atoms with Crippen molar-refractivity contribution in [1.29, 1.82) is 0 Å². The van der Waals surface area contributed by atoms with E-state index in [0.717, 1.165) is 17.2 Å². The van der Waals surface area contributed by atoms with Gasteiger partial charge in [-0.25, -0.2) is 13.1 Å². The van der Waals surface area contributed by atoms with Gasteiger partial charge in [0.05, 0.1) is 22.2 Å². The molecule has 168 valence electrons. The Bertz CT molecular complexity index is 1080. The molecule has 2 amide bonds. The number of anilines is 1. The molecule has 10 heteroatoms. The van der Waals surface area contributed by atoms with Crippen LogP contribution in [0.25, 0.3) is 0 Å². The van der Waals surface area contributed by atoms with Gasteiger partial charge in [-0.15, -0.1) is 0 Å². The molecule has 0 radical (unpaired) electrons. The second kappa shape index (κ2) is 10.5. The third kappa shape index (κ3) is 6.67. The van der Waals surface area contributed by atoms with Gasteiger partial charge in [0.25, 0.3) is 5.91 Å². The molecule has 2 aromatic carbocycles. The number of sulfonamides is 1. The second-order valence-corrected chi connectivity index (χ2v) is 10.1. The number of carbonyl (C=O) groups excluding carboxylic acids is 2. The molecule has 7 nitrogen and oxygen atoms in total. The van der Waals surface area contributed by atoms with Crippen molar-refractivity contribution in [2.24, 2.45) is 5.92 Å². The van der Waals surface area contributed by atoms with E-state index in [1.165, 1.54) is 6.07 Å². The first kappa shape index (κ1) is 25.1. The number of hydrogen-bond donors (Lipinski definition) is 3. The molecule has 2 rings (SSSR count). The number of rotatable bonds is 8. The molecule has 0 heterocycles. The van der Waals surface area contributed by atoms with E-state index in [0.29, 0.717) is 5.69 Å². The summed E-state index contributed by atoms with van der Waals surface area (Å²) in [6.07, 6.45) is 0. The average Bonchev–Trinajstić information content (AvgIpc) is 2.67. The van der Waals surface area contributed by atoms with Gasteiger partial charge in [0.15, 0.2) is 0 Å². The van der Waals surface area contributed by atoms with E-state index in [1.807, 2.05) is 45.9 Å². The summed E-state index contributed by atoms with van der Waals surface area (Å²) in [5, 5.41) is 5.08. The van der Waals surface area contributed by atoms with Gasteiger partial charge < -0.3 is 10.6 Å². The normalized spacial score (nSPS) is 11.5. The van der Waals surface area contributed by atoms with Crippen LogP contribution in [0.2, 0.25) is 10.0 Å². The lowest BCUT2D eigenvalue weighted by molar-refractivity contribution is -0.115. The van der Waals surface area contributed by atoms with Crippen molar-refractivity contribution in [2.45, 2.75) is 32.6 Å². The topological polar surface area (TPSA) is 104 Å². The maximum atomic E-state index is 12.6. The Morgan fingerprint density at radius 1 is 1.03 bits per heavy atom. The third-order valence-corrected chi connectivity index (χ3v) is 6.59. The van der Waals surface area contributed by atoms with Crippen molar-refractivity contribution in [3.63, 3.8) is 0 Å². The molecular weight excluding hydrogens is 461 g/mol. The molecule has 0 spiro atoms. The quantitative estimate of drug-likeness (QED) is 0.526. The summed E-state index contributed by atoms with van der Waals surface area (Å²) in [6, 6.07) is 7.91. The molecule has 0 atom stereocenters.